The van der Waals surface area contributed by atoms with Crippen LogP contribution in [0.25, 0.3) is 0 Å². The molecule has 1 saturated carbocycles. The van der Waals surface area contributed by atoms with E-state index >= 15 is 0 Å². The van der Waals surface area contributed by atoms with Gasteiger partial charge in [0.1, 0.15) is 31.8 Å². The molecule has 2 aromatic carbocycles. The van der Waals surface area contributed by atoms with E-state index in [0.717, 1.165) is 0 Å². The number of ether oxygens (including phenoxy) is 4. The molecule has 2 heterocycles. The van der Waals surface area contributed by atoms with Gasteiger partial charge in [-0.25, -0.2) is 0 Å². The van der Waals surface area contributed by atoms with Crippen LogP contribution in [0.1, 0.15) is 12.8 Å². The largest absolute Gasteiger partial charge is 0.486 e. The molecule has 8 nitrogen and oxygen atoms in total. The Morgan fingerprint density at radius 3 is 1.48 bits per heavy atom. The van der Waals surface area contributed by atoms with E-state index in [0.29, 0.717) is 73.6 Å². The second-order valence-electron chi connectivity index (χ2n) is 7.21. The van der Waals surface area contributed by atoms with Gasteiger partial charge in [-0.2, -0.15) is 0 Å². The molecule has 29 heavy (non-hydrogen) atoms. The van der Waals surface area contributed by atoms with Crippen LogP contribution in [0, 0.1) is 5.41 Å². The van der Waals surface area contributed by atoms with Gasteiger partial charge in [0.05, 0.1) is 0 Å². The molecule has 0 saturated heterocycles. The highest BCUT2D eigenvalue weighted by atomic mass is 16.6. The van der Waals surface area contributed by atoms with Gasteiger partial charge < -0.3 is 29.6 Å². The number of nitrogens with one attached hydrogen (secondary N) is 2. The zero-order valence-electron chi connectivity index (χ0n) is 15.7. The Balaban J connectivity index is 1.28. The number of benzene rings is 2. The molecule has 2 aromatic rings. The van der Waals surface area contributed by atoms with Gasteiger partial charge in [0, 0.05) is 23.5 Å². The molecule has 0 unspecified atom stereocenters. The van der Waals surface area contributed by atoms with Crippen LogP contribution < -0.4 is 29.6 Å². The van der Waals surface area contributed by atoms with Crippen molar-refractivity contribution in [2.24, 2.45) is 5.41 Å². The summed E-state index contributed by atoms with van der Waals surface area (Å²) in [4.78, 5) is 25.7. The van der Waals surface area contributed by atoms with Crippen molar-refractivity contribution in [1.82, 2.24) is 0 Å². The summed E-state index contributed by atoms with van der Waals surface area (Å²) in [6.45, 7) is 1.93. The van der Waals surface area contributed by atoms with Crippen LogP contribution in [-0.2, 0) is 9.59 Å². The van der Waals surface area contributed by atoms with Gasteiger partial charge in [-0.05, 0) is 37.1 Å². The highest BCUT2D eigenvalue weighted by Gasteiger charge is 2.56. The number of carbonyl (C=O) groups excluding carboxylic acids is 2. The van der Waals surface area contributed by atoms with Gasteiger partial charge in [0.25, 0.3) is 0 Å². The Morgan fingerprint density at radius 2 is 1.07 bits per heavy atom. The average Bonchev–Trinajstić information content (AvgIpc) is 3.56. The van der Waals surface area contributed by atoms with E-state index in [-0.39, 0.29) is 11.8 Å². The normalized spacial score (nSPS) is 17.8. The van der Waals surface area contributed by atoms with Crippen LogP contribution in [-0.4, -0.2) is 38.2 Å². The van der Waals surface area contributed by atoms with Crippen molar-refractivity contribution in [3.8, 4) is 23.0 Å². The molecule has 0 bridgehead atoms. The lowest BCUT2D eigenvalue weighted by molar-refractivity contribution is -0.131. The quantitative estimate of drug-likeness (QED) is 0.772. The Bertz CT molecular complexity index is 910. The van der Waals surface area contributed by atoms with E-state index in [4.69, 9.17) is 18.9 Å². The molecule has 0 spiro atoms. The first-order valence-corrected chi connectivity index (χ1v) is 9.56. The molecule has 0 radical (unpaired) electrons. The number of hydrogen-bond donors (Lipinski definition) is 2. The van der Waals surface area contributed by atoms with Crippen molar-refractivity contribution in [2.45, 2.75) is 12.8 Å². The molecule has 3 aliphatic rings. The third-order valence-corrected chi connectivity index (χ3v) is 5.22. The van der Waals surface area contributed by atoms with Crippen LogP contribution in [0.3, 0.4) is 0 Å². The minimum absolute atomic E-state index is 0.329. The monoisotopic (exact) mass is 396 g/mol. The number of hydrogen-bond acceptors (Lipinski definition) is 6. The summed E-state index contributed by atoms with van der Waals surface area (Å²) in [6.07, 6.45) is 1.000. The standard InChI is InChI=1S/C21H20N2O6/c24-19(22-13-1-3-15-17(11-13)28-9-7-26-15)21(5-6-21)20(25)23-14-2-4-16-18(12-14)29-10-8-27-16/h1-4,11-12H,5-10H2,(H,22,24)(H,23,25). The van der Waals surface area contributed by atoms with Gasteiger partial charge in [-0.3, -0.25) is 9.59 Å². The van der Waals surface area contributed by atoms with Crippen molar-refractivity contribution in [1.29, 1.82) is 0 Å². The first-order chi connectivity index (χ1) is 14.1. The summed E-state index contributed by atoms with van der Waals surface area (Å²) in [5.74, 6) is 1.80. The third kappa shape index (κ3) is 3.30. The fourth-order valence-electron chi connectivity index (χ4n) is 3.43. The lowest BCUT2D eigenvalue weighted by Crippen LogP contribution is -2.35. The van der Waals surface area contributed by atoms with E-state index in [2.05, 4.69) is 10.6 Å². The van der Waals surface area contributed by atoms with Gasteiger partial charge in [-0.15, -0.1) is 0 Å². The van der Waals surface area contributed by atoms with Crippen LogP contribution >= 0.6 is 0 Å². The topological polar surface area (TPSA) is 95.1 Å². The smallest absolute Gasteiger partial charge is 0.240 e. The average molecular weight is 396 g/mol. The minimum Gasteiger partial charge on any atom is -0.486 e. The Labute approximate surface area is 167 Å². The van der Waals surface area contributed by atoms with Crippen molar-refractivity contribution >= 4 is 23.2 Å². The maximum Gasteiger partial charge on any atom is 0.240 e. The van der Waals surface area contributed by atoms with E-state index in [1.54, 1.807) is 36.4 Å². The SMILES string of the molecule is O=C(Nc1ccc2c(c1)OCCO2)C1(C(=O)Nc2ccc3c(c2)OCCO3)CC1. The predicted molar refractivity (Wildman–Crippen MR) is 104 cm³/mol. The fourth-order valence-corrected chi connectivity index (χ4v) is 3.43. The van der Waals surface area contributed by atoms with E-state index in [9.17, 15) is 9.59 Å². The lowest BCUT2D eigenvalue weighted by Gasteiger charge is -2.21. The third-order valence-electron chi connectivity index (χ3n) is 5.22. The second kappa shape index (κ2) is 6.88. The Hall–Kier alpha value is -3.42. The molecule has 2 N–H and O–H groups in total. The summed E-state index contributed by atoms with van der Waals surface area (Å²) >= 11 is 0. The zero-order valence-corrected chi connectivity index (χ0v) is 15.7. The minimum atomic E-state index is -1.07. The molecular formula is C21H20N2O6. The first kappa shape index (κ1) is 17.7. The molecule has 1 fully saturated rings. The zero-order chi connectivity index (χ0) is 19.8. The highest BCUT2D eigenvalue weighted by Crippen LogP contribution is 2.48. The second-order valence-corrected chi connectivity index (χ2v) is 7.21. The summed E-state index contributed by atoms with van der Waals surface area (Å²) in [5, 5.41) is 5.66. The number of anilines is 2. The van der Waals surface area contributed by atoms with E-state index in [1.165, 1.54) is 0 Å². The molecule has 0 atom stereocenters. The van der Waals surface area contributed by atoms with Gasteiger partial charge >= 0.3 is 0 Å². The van der Waals surface area contributed by atoms with E-state index < -0.39 is 5.41 Å². The lowest BCUT2D eigenvalue weighted by atomic mass is 10.0. The van der Waals surface area contributed by atoms with Gasteiger partial charge in [0.2, 0.25) is 11.8 Å². The molecule has 1 aliphatic carbocycles. The Kier molecular flexibility index (Phi) is 4.19. The number of fused-ring (bicyclic) bond motifs is 2. The van der Waals surface area contributed by atoms with Crippen molar-refractivity contribution < 1.29 is 28.5 Å². The van der Waals surface area contributed by atoms with Crippen molar-refractivity contribution in [2.75, 3.05) is 37.1 Å². The molecular weight excluding hydrogens is 376 g/mol. The predicted octanol–water partition coefficient (Wildman–Crippen LogP) is 2.59. The molecule has 8 heteroatoms. The molecule has 150 valence electrons. The maximum absolute atomic E-state index is 12.8. The van der Waals surface area contributed by atoms with Gasteiger partial charge in [-0.1, -0.05) is 0 Å². The van der Waals surface area contributed by atoms with Crippen LogP contribution in [0.5, 0.6) is 23.0 Å². The van der Waals surface area contributed by atoms with Crippen molar-refractivity contribution in [3.63, 3.8) is 0 Å². The molecule has 0 aromatic heterocycles. The Morgan fingerprint density at radius 1 is 0.655 bits per heavy atom. The molecule has 2 amide bonds. The van der Waals surface area contributed by atoms with Crippen LogP contribution in [0.2, 0.25) is 0 Å². The summed E-state index contributed by atoms with van der Waals surface area (Å²) in [6, 6.07) is 10.4. The fraction of sp³-hybridized carbons (Fsp3) is 0.333. The summed E-state index contributed by atoms with van der Waals surface area (Å²) in [5.41, 5.74) is 0.0656. The first-order valence-electron chi connectivity index (χ1n) is 9.56. The van der Waals surface area contributed by atoms with Crippen LogP contribution in [0.15, 0.2) is 36.4 Å². The number of carbonyl (C=O) groups is 2. The highest BCUT2D eigenvalue weighted by molar-refractivity contribution is 6.17. The van der Waals surface area contributed by atoms with Crippen LogP contribution in [0.4, 0.5) is 11.4 Å². The summed E-state index contributed by atoms with van der Waals surface area (Å²) in [7, 11) is 0. The van der Waals surface area contributed by atoms with E-state index in [1.807, 2.05) is 0 Å². The van der Waals surface area contributed by atoms with Crippen molar-refractivity contribution in [3.05, 3.63) is 36.4 Å². The molecule has 2 aliphatic heterocycles. The number of amides is 2. The maximum atomic E-state index is 12.8. The summed E-state index contributed by atoms with van der Waals surface area (Å²) < 4.78 is 22.1. The molecule has 5 rings (SSSR count). The van der Waals surface area contributed by atoms with Gasteiger partial charge in [0.15, 0.2) is 23.0 Å². The number of rotatable bonds is 4.